The maximum Gasteiger partial charge on any atom is 0.337 e. The SMILES string of the molecule is COc1ccc(Nc2ccccc2CC#N)c(C(=O)O)c1. The Hall–Kier alpha value is -3.00. The Morgan fingerprint density at radius 2 is 2.05 bits per heavy atom. The molecule has 0 aliphatic carbocycles. The second-order valence-electron chi connectivity index (χ2n) is 4.33. The maximum atomic E-state index is 11.3. The summed E-state index contributed by atoms with van der Waals surface area (Å²) in [6.07, 6.45) is 0.252. The summed E-state index contributed by atoms with van der Waals surface area (Å²) in [6.45, 7) is 0. The number of aromatic carboxylic acids is 1. The minimum absolute atomic E-state index is 0.112. The average molecular weight is 282 g/mol. The van der Waals surface area contributed by atoms with Gasteiger partial charge in [-0.3, -0.25) is 0 Å². The second-order valence-corrected chi connectivity index (χ2v) is 4.33. The van der Waals surface area contributed by atoms with Crippen LogP contribution in [0.15, 0.2) is 42.5 Å². The predicted octanol–water partition coefficient (Wildman–Crippen LogP) is 3.20. The summed E-state index contributed by atoms with van der Waals surface area (Å²) in [5, 5.41) is 21.2. The van der Waals surface area contributed by atoms with Gasteiger partial charge in [-0.2, -0.15) is 5.26 Å². The number of hydrogen-bond donors (Lipinski definition) is 2. The Bertz CT molecular complexity index is 705. The van der Waals surface area contributed by atoms with Crippen LogP contribution in [0, 0.1) is 11.3 Å². The molecule has 0 fully saturated rings. The quantitative estimate of drug-likeness (QED) is 0.880. The van der Waals surface area contributed by atoms with Crippen molar-refractivity contribution in [1.29, 1.82) is 5.26 Å². The second kappa shape index (κ2) is 6.44. The van der Waals surface area contributed by atoms with Gasteiger partial charge < -0.3 is 15.2 Å². The van der Waals surface area contributed by atoms with Crippen molar-refractivity contribution in [3.63, 3.8) is 0 Å². The van der Waals surface area contributed by atoms with Gasteiger partial charge >= 0.3 is 5.97 Å². The zero-order valence-corrected chi connectivity index (χ0v) is 11.5. The van der Waals surface area contributed by atoms with Crippen molar-refractivity contribution in [2.24, 2.45) is 0 Å². The van der Waals surface area contributed by atoms with Crippen LogP contribution in [0.25, 0.3) is 0 Å². The molecule has 0 saturated heterocycles. The number of carbonyl (C=O) groups is 1. The van der Waals surface area contributed by atoms with Crippen molar-refractivity contribution in [3.8, 4) is 11.8 Å². The van der Waals surface area contributed by atoms with Crippen LogP contribution in [0.2, 0.25) is 0 Å². The highest BCUT2D eigenvalue weighted by molar-refractivity contribution is 5.95. The predicted molar refractivity (Wildman–Crippen MR) is 79.0 cm³/mol. The summed E-state index contributed by atoms with van der Waals surface area (Å²) in [5.74, 6) is -0.572. The van der Waals surface area contributed by atoms with Gasteiger partial charge in [0.05, 0.1) is 30.9 Å². The van der Waals surface area contributed by atoms with Crippen molar-refractivity contribution < 1.29 is 14.6 Å². The lowest BCUT2D eigenvalue weighted by Crippen LogP contribution is -2.04. The van der Waals surface area contributed by atoms with Gasteiger partial charge in [0.25, 0.3) is 0 Å². The number of nitriles is 1. The molecule has 21 heavy (non-hydrogen) atoms. The van der Waals surface area contributed by atoms with Crippen molar-refractivity contribution in [2.75, 3.05) is 12.4 Å². The Kier molecular flexibility index (Phi) is 4.42. The van der Waals surface area contributed by atoms with Gasteiger partial charge in [0, 0.05) is 5.69 Å². The first-order valence-electron chi connectivity index (χ1n) is 6.29. The highest BCUT2D eigenvalue weighted by Gasteiger charge is 2.12. The molecule has 0 heterocycles. The fourth-order valence-corrected chi connectivity index (χ4v) is 1.96. The van der Waals surface area contributed by atoms with Gasteiger partial charge in [-0.15, -0.1) is 0 Å². The molecular weight excluding hydrogens is 268 g/mol. The van der Waals surface area contributed by atoms with Crippen LogP contribution in [0.1, 0.15) is 15.9 Å². The van der Waals surface area contributed by atoms with E-state index in [0.29, 0.717) is 17.1 Å². The monoisotopic (exact) mass is 282 g/mol. The molecule has 0 aliphatic heterocycles. The number of nitrogens with one attached hydrogen (secondary N) is 1. The van der Waals surface area contributed by atoms with E-state index in [0.717, 1.165) is 5.56 Å². The van der Waals surface area contributed by atoms with E-state index >= 15 is 0 Å². The molecule has 0 atom stereocenters. The molecule has 2 rings (SSSR count). The first kappa shape index (κ1) is 14.4. The number of ether oxygens (including phenoxy) is 1. The lowest BCUT2D eigenvalue weighted by molar-refractivity contribution is 0.0697. The Morgan fingerprint density at radius 1 is 1.29 bits per heavy atom. The molecular formula is C16H14N2O3. The molecule has 2 N–H and O–H groups in total. The van der Waals surface area contributed by atoms with Gasteiger partial charge in [-0.1, -0.05) is 18.2 Å². The Morgan fingerprint density at radius 3 is 2.71 bits per heavy atom. The van der Waals surface area contributed by atoms with Crippen molar-refractivity contribution in [1.82, 2.24) is 0 Å². The van der Waals surface area contributed by atoms with E-state index in [4.69, 9.17) is 10.00 Å². The van der Waals surface area contributed by atoms with Gasteiger partial charge in [0.2, 0.25) is 0 Å². The number of anilines is 2. The molecule has 0 radical (unpaired) electrons. The minimum Gasteiger partial charge on any atom is -0.497 e. The van der Waals surface area contributed by atoms with Gasteiger partial charge in [0.15, 0.2) is 0 Å². The average Bonchev–Trinajstić information content (AvgIpc) is 2.49. The number of nitrogens with zero attached hydrogens (tertiary/aromatic N) is 1. The molecule has 0 unspecified atom stereocenters. The molecule has 5 heteroatoms. The van der Waals surface area contributed by atoms with Crippen LogP contribution in [0.4, 0.5) is 11.4 Å². The van der Waals surface area contributed by atoms with E-state index in [-0.39, 0.29) is 12.0 Å². The van der Waals surface area contributed by atoms with E-state index in [1.54, 1.807) is 12.1 Å². The molecule has 2 aromatic rings. The Balaban J connectivity index is 2.40. The zero-order valence-electron chi connectivity index (χ0n) is 11.5. The number of carboxylic acids is 1. The highest BCUT2D eigenvalue weighted by atomic mass is 16.5. The van der Waals surface area contributed by atoms with E-state index in [1.165, 1.54) is 13.2 Å². The van der Waals surface area contributed by atoms with E-state index < -0.39 is 5.97 Å². The Labute approximate surface area is 122 Å². The third-order valence-corrected chi connectivity index (χ3v) is 3.01. The summed E-state index contributed by atoms with van der Waals surface area (Å²) < 4.78 is 5.04. The lowest BCUT2D eigenvalue weighted by atomic mass is 10.1. The fraction of sp³-hybridized carbons (Fsp3) is 0.125. The summed E-state index contributed by atoms with van der Waals surface area (Å²) >= 11 is 0. The number of methoxy groups -OCH3 is 1. The van der Waals surface area contributed by atoms with Crippen molar-refractivity contribution in [3.05, 3.63) is 53.6 Å². The molecule has 0 amide bonds. The van der Waals surface area contributed by atoms with E-state index in [9.17, 15) is 9.90 Å². The number of benzene rings is 2. The van der Waals surface area contributed by atoms with Crippen LogP contribution in [-0.2, 0) is 6.42 Å². The van der Waals surface area contributed by atoms with E-state index in [2.05, 4.69) is 11.4 Å². The van der Waals surface area contributed by atoms with Crippen LogP contribution >= 0.6 is 0 Å². The smallest absolute Gasteiger partial charge is 0.337 e. The standard InChI is InChI=1S/C16H14N2O3/c1-21-12-6-7-15(13(10-12)16(19)20)18-14-5-3-2-4-11(14)8-9-17/h2-7,10,18H,8H2,1H3,(H,19,20). The maximum absolute atomic E-state index is 11.3. The molecule has 5 nitrogen and oxygen atoms in total. The van der Waals surface area contributed by atoms with Gasteiger partial charge in [-0.25, -0.2) is 4.79 Å². The van der Waals surface area contributed by atoms with E-state index in [1.807, 2.05) is 24.3 Å². The molecule has 0 aliphatic rings. The van der Waals surface area contributed by atoms with Crippen molar-refractivity contribution >= 4 is 17.3 Å². The molecule has 2 aromatic carbocycles. The summed E-state index contributed by atoms with van der Waals surface area (Å²) in [7, 11) is 1.48. The number of para-hydroxylation sites is 1. The highest BCUT2D eigenvalue weighted by Crippen LogP contribution is 2.27. The van der Waals surface area contributed by atoms with Crippen LogP contribution in [-0.4, -0.2) is 18.2 Å². The van der Waals surface area contributed by atoms with Crippen molar-refractivity contribution in [2.45, 2.75) is 6.42 Å². The molecule has 0 spiro atoms. The largest absolute Gasteiger partial charge is 0.497 e. The van der Waals surface area contributed by atoms with Crippen LogP contribution in [0.5, 0.6) is 5.75 Å². The minimum atomic E-state index is -1.05. The van der Waals surface area contributed by atoms with Crippen LogP contribution < -0.4 is 10.1 Å². The third-order valence-electron chi connectivity index (χ3n) is 3.01. The molecule has 0 saturated carbocycles. The third kappa shape index (κ3) is 3.31. The molecule has 0 bridgehead atoms. The molecule has 0 aromatic heterocycles. The van der Waals surface area contributed by atoms with Gasteiger partial charge in [0.1, 0.15) is 5.75 Å². The number of carboxylic acid groups (broad SMARTS) is 1. The summed E-state index contributed by atoms with van der Waals surface area (Å²) in [5.41, 5.74) is 2.09. The molecule has 106 valence electrons. The number of rotatable bonds is 5. The van der Waals surface area contributed by atoms with Gasteiger partial charge in [-0.05, 0) is 29.8 Å². The van der Waals surface area contributed by atoms with Crippen LogP contribution in [0.3, 0.4) is 0 Å². The first-order chi connectivity index (χ1) is 10.2. The summed E-state index contributed by atoms with van der Waals surface area (Å²) in [6, 6.07) is 14.2. The first-order valence-corrected chi connectivity index (χ1v) is 6.29. The zero-order chi connectivity index (χ0) is 15.2. The topological polar surface area (TPSA) is 82.3 Å². The normalized spacial score (nSPS) is 9.71. The summed E-state index contributed by atoms with van der Waals surface area (Å²) in [4.78, 5) is 11.3. The lowest BCUT2D eigenvalue weighted by Gasteiger charge is -2.13. The fourth-order valence-electron chi connectivity index (χ4n) is 1.96. The number of hydrogen-bond acceptors (Lipinski definition) is 4.